The lowest BCUT2D eigenvalue weighted by Gasteiger charge is -2.13. The van der Waals surface area contributed by atoms with Gasteiger partial charge >= 0.3 is 5.97 Å². The molecule has 0 saturated carbocycles. The molecule has 11 heteroatoms. The number of nitrogen functional groups attached to an aromatic ring is 1. The van der Waals surface area contributed by atoms with Gasteiger partial charge in [0, 0.05) is 13.0 Å². The van der Waals surface area contributed by atoms with E-state index < -0.39 is 5.97 Å². The summed E-state index contributed by atoms with van der Waals surface area (Å²) in [6.45, 7) is 0.230. The van der Waals surface area contributed by atoms with E-state index >= 15 is 0 Å². The fourth-order valence-electron chi connectivity index (χ4n) is 1.76. The lowest BCUT2D eigenvalue weighted by molar-refractivity contribution is -0.137. The Labute approximate surface area is 150 Å². The molecule has 2 rings (SSSR count). The van der Waals surface area contributed by atoms with E-state index in [-0.39, 0.29) is 40.7 Å². The van der Waals surface area contributed by atoms with E-state index in [0.717, 1.165) is 11.8 Å². The van der Waals surface area contributed by atoms with Gasteiger partial charge in [0.05, 0.1) is 10.5 Å². The zero-order chi connectivity index (χ0) is 17.1. The number of halogens is 2. The molecule has 1 aromatic heterocycles. The van der Waals surface area contributed by atoms with Gasteiger partial charge in [-0.25, -0.2) is 9.97 Å². The van der Waals surface area contributed by atoms with Gasteiger partial charge in [0.1, 0.15) is 14.6 Å². The third-order valence-electron chi connectivity index (χ3n) is 2.79. The van der Waals surface area contributed by atoms with Crippen molar-refractivity contribution in [3.8, 4) is 0 Å². The molecule has 0 atom stereocenters. The van der Waals surface area contributed by atoms with Crippen LogP contribution < -0.4 is 5.73 Å². The third-order valence-corrected chi connectivity index (χ3v) is 4.75. The maximum absolute atomic E-state index is 12.3. The Hall–Kier alpha value is -1.42. The molecular formula is C12H10Cl2N4O3S2. The molecule has 23 heavy (non-hydrogen) atoms. The fraction of sp³-hybridized carbons (Fsp3) is 0.250. The zero-order valence-corrected chi connectivity index (χ0v) is 14.6. The Balaban J connectivity index is 2.20. The zero-order valence-electron chi connectivity index (χ0n) is 11.5. The summed E-state index contributed by atoms with van der Waals surface area (Å²) in [4.78, 5) is 32.1. The minimum atomic E-state index is -0.927. The summed E-state index contributed by atoms with van der Waals surface area (Å²) in [7, 11) is 0. The van der Waals surface area contributed by atoms with Crippen molar-refractivity contribution in [2.45, 2.75) is 12.8 Å². The SMILES string of the molecule is Nc1nc(Cl)c(C=C2SC(=S)N(CCCC(=O)O)C2=O)c(Cl)n1. The van der Waals surface area contributed by atoms with Crippen LogP contribution in [0.4, 0.5) is 5.95 Å². The Bertz CT molecular complexity index is 703. The standard InChI is InChI=1S/C12H10Cl2N4O3S2/c13-8-5(9(14)17-11(15)16-8)4-6-10(21)18(12(22)23-6)3-1-2-7(19)20/h4H,1-3H2,(H,19,20)(H2,15,16,17). The Morgan fingerprint density at radius 2 is 2.00 bits per heavy atom. The summed E-state index contributed by atoms with van der Waals surface area (Å²) in [5.74, 6) is -1.34. The number of carboxylic acid groups (broad SMARTS) is 1. The average molecular weight is 393 g/mol. The number of amides is 1. The summed E-state index contributed by atoms with van der Waals surface area (Å²) < 4.78 is 0.343. The molecule has 0 radical (unpaired) electrons. The van der Waals surface area contributed by atoms with Crippen LogP contribution in [0.15, 0.2) is 4.91 Å². The minimum Gasteiger partial charge on any atom is -0.481 e. The number of aromatic nitrogens is 2. The highest BCUT2D eigenvalue weighted by atomic mass is 35.5. The van der Waals surface area contributed by atoms with E-state index in [9.17, 15) is 9.59 Å². The second-order valence-electron chi connectivity index (χ2n) is 4.41. The number of hydrogen-bond acceptors (Lipinski definition) is 7. The van der Waals surface area contributed by atoms with Crippen molar-refractivity contribution in [3.63, 3.8) is 0 Å². The van der Waals surface area contributed by atoms with Gasteiger partial charge in [-0.3, -0.25) is 14.5 Å². The molecule has 1 fully saturated rings. The van der Waals surface area contributed by atoms with Crippen molar-refractivity contribution < 1.29 is 14.7 Å². The molecule has 0 bridgehead atoms. The summed E-state index contributed by atoms with van der Waals surface area (Å²) in [6.07, 6.45) is 1.71. The lowest BCUT2D eigenvalue weighted by atomic mass is 10.2. The molecule has 7 nitrogen and oxygen atoms in total. The Morgan fingerprint density at radius 3 is 2.57 bits per heavy atom. The number of carbonyl (C=O) groups excluding carboxylic acids is 1. The normalized spacial score (nSPS) is 16.4. The minimum absolute atomic E-state index is 0.0265. The van der Waals surface area contributed by atoms with Gasteiger partial charge in [0.15, 0.2) is 0 Å². The van der Waals surface area contributed by atoms with E-state index in [1.54, 1.807) is 0 Å². The third kappa shape index (κ3) is 4.31. The molecule has 1 aliphatic rings. The largest absolute Gasteiger partial charge is 0.481 e. The van der Waals surface area contributed by atoms with Crippen LogP contribution in [0.5, 0.6) is 0 Å². The fourth-order valence-corrected chi connectivity index (χ4v) is 3.56. The number of carbonyl (C=O) groups is 2. The van der Waals surface area contributed by atoms with Gasteiger partial charge in [0.2, 0.25) is 5.95 Å². The van der Waals surface area contributed by atoms with Crippen LogP contribution in [-0.2, 0) is 9.59 Å². The summed E-state index contributed by atoms with van der Waals surface area (Å²) in [5.41, 5.74) is 5.70. The van der Waals surface area contributed by atoms with E-state index in [4.69, 9.17) is 46.3 Å². The number of thiocarbonyl (C=S) groups is 1. The van der Waals surface area contributed by atoms with E-state index in [0.29, 0.717) is 15.6 Å². The van der Waals surface area contributed by atoms with Crippen molar-refractivity contribution in [1.82, 2.24) is 14.9 Å². The first-order chi connectivity index (χ1) is 10.8. The van der Waals surface area contributed by atoms with Crippen LogP contribution in [-0.4, -0.2) is 42.7 Å². The molecule has 1 aliphatic heterocycles. The van der Waals surface area contributed by atoms with Gasteiger partial charge in [-0.05, 0) is 12.5 Å². The van der Waals surface area contributed by atoms with Crippen LogP contribution >= 0.6 is 47.2 Å². The molecule has 0 spiro atoms. The van der Waals surface area contributed by atoms with Crippen LogP contribution in [0, 0.1) is 0 Å². The number of nitrogens with zero attached hydrogens (tertiary/aromatic N) is 3. The highest BCUT2D eigenvalue weighted by molar-refractivity contribution is 8.26. The molecule has 122 valence electrons. The predicted octanol–water partition coefficient (Wildman–Crippen LogP) is 2.43. The summed E-state index contributed by atoms with van der Waals surface area (Å²) >= 11 is 18.1. The first-order valence-corrected chi connectivity index (χ1v) is 8.23. The Morgan fingerprint density at radius 1 is 1.39 bits per heavy atom. The number of thioether (sulfide) groups is 1. The number of hydrogen-bond donors (Lipinski definition) is 2. The summed E-state index contributed by atoms with van der Waals surface area (Å²) in [6, 6.07) is 0. The van der Waals surface area contributed by atoms with Crippen molar-refractivity contribution >= 4 is 75.4 Å². The van der Waals surface area contributed by atoms with Gasteiger partial charge in [-0.15, -0.1) is 0 Å². The second-order valence-corrected chi connectivity index (χ2v) is 6.80. The van der Waals surface area contributed by atoms with Crippen LogP contribution in [0.3, 0.4) is 0 Å². The van der Waals surface area contributed by atoms with E-state index in [2.05, 4.69) is 9.97 Å². The summed E-state index contributed by atoms with van der Waals surface area (Å²) in [5, 5.41) is 8.70. The second kappa shape index (κ2) is 7.43. The molecular weight excluding hydrogens is 383 g/mol. The molecule has 3 N–H and O–H groups in total. The average Bonchev–Trinajstić information content (AvgIpc) is 2.69. The molecule has 1 aromatic rings. The molecule has 1 saturated heterocycles. The van der Waals surface area contributed by atoms with Crippen LogP contribution in [0.2, 0.25) is 10.3 Å². The van der Waals surface area contributed by atoms with Crippen LogP contribution in [0.25, 0.3) is 6.08 Å². The van der Waals surface area contributed by atoms with E-state index in [1.807, 2.05) is 0 Å². The van der Waals surface area contributed by atoms with Crippen molar-refractivity contribution in [3.05, 3.63) is 20.8 Å². The molecule has 1 amide bonds. The van der Waals surface area contributed by atoms with Gasteiger partial charge in [0.25, 0.3) is 5.91 Å². The topological polar surface area (TPSA) is 109 Å². The highest BCUT2D eigenvalue weighted by Gasteiger charge is 2.32. The quantitative estimate of drug-likeness (QED) is 0.446. The van der Waals surface area contributed by atoms with Crippen molar-refractivity contribution in [2.75, 3.05) is 12.3 Å². The first kappa shape index (κ1) is 17.9. The number of anilines is 1. The number of carboxylic acids is 1. The number of rotatable bonds is 5. The molecule has 2 heterocycles. The van der Waals surface area contributed by atoms with Crippen molar-refractivity contribution in [1.29, 1.82) is 0 Å². The lowest BCUT2D eigenvalue weighted by Crippen LogP contribution is -2.29. The molecule has 0 unspecified atom stereocenters. The smallest absolute Gasteiger partial charge is 0.303 e. The van der Waals surface area contributed by atoms with Crippen molar-refractivity contribution in [2.24, 2.45) is 0 Å². The first-order valence-electron chi connectivity index (χ1n) is 6.25. The maximum Gasteiger partial charge on any atom is 0.303 e. The Kier molecular flexibility index (Phi) is 5.79. The number of nitrogens with two attached hydrogens (primary N) is 1. The number of aliphatic carboxylic acids is 1. The van der Waals surface area contributed by atoms with E-state index in [1.165, 1.54) is 11.0 Å². The maximum atomic E-state index is 12.3. The van der Waals surface area contributed by atoms with Gasteiger partial charge in [-0.2, -0.15) is 0 Å². The van der Waals surface area contributed by atoms with Crippen LogP contribution in [0.1, 0.15) is 18.4 Å². The highest BCUT2D eigenvalue weighted by Crippen LogP contribution is 2.35. The molecule has 0 aromatic carbocycles. The van der Waals surface area contributed by atoms with Gasteiger partial charge < -0.3 is 10.8 Å². The monoisotopic (exact) mass is 392 g/mol. The predicted molar refractivity (Wildman–Crippen MR) is 93.2 cm³/mol. The van der Waals surface area contributed by atoms with Gasteiger partial charge in [-0.1, -0.05) is 47.2 Å². The molecule has 0 aliphatic carbocycles.